The normalized spacial score (nSPS) is 14.8. The van der Waals surface area contributed by atoms with E-state index in [0.717, 1.165) is 24.0 Å². The average Bonchev–Trinajstić information content (AvgIpc) is 2.91. The van der Waals surface area contributed by atoms with Crippen molar-refractivity contribution in [2.75, 3.05) is 0 Å². The van der Waals surface area contributed by atoms with Crippen LogP contribution in [0.5, 0.6) is 5.75 Å². The number of carbonyl (C=O) groups excluding carboxylic acids is 1. The highest BCUT2D eigenvalue weighted by Gasteiger charge is 2.20. The third-order valence-corrected chi connectivity index (χ3v) is 5.44. The topological polar surface area (TPSA) is 87.7 Å². The maximum atomic E-state index is 11.8. The number of rotatable bonds is 5. The van der Waals surface area contributed by atoms with Gasteiger partial charge in [-0.25, -0.2) is 4.79 Å². The molecule has 9 heteroatoms. The van der Waals surface area contributed by atoms with Gasteiger partial charge in [0.15, 0.2) is 5.11 Å². The van der Waals surface area contributed by atoms with Crippen molar-refractivity contribution in [3.8, 4) is 5.75 Å². The molecule has 1 amide bonds. The molecule has 1 fully saturated rings. The lowest BCUT2D eigenvalue weighted by atomic mass is 10.1. The molecule has 0 unspecified atom stereocenters. The summed E-state index contributed by atoms with van der Waals surface area (Å²) in [5.74, 6) is -0.474. The summed E-state index contributed by atoms with van der Waals surface area (Å²) in [6, 6.07) is 10.4. The Morgan fingerprint density at radius 3 is 2.30 bits per heavy atom. The Kier molecular flexibility index (Phi) is 6.32. The molecular formula is C18H12I2N2O4S. The zero-order valence-corrected chi connectivity index (χ0v) is 18.7. The van der Waals surface area contributed by atoms with Gasteiger partial charge in [0.1, 0.15) is 18.1 Å². The van der Waals surface area contributed by atoms with Crippen LogP contribution < -0.4 is 15.4 Å². The summed E-state index contributed by atoms with van der Waals surface area (Å²) in [5, 5.41) is 14.6. The molecule has 6 nitrogen and oxygen atoms in total. The van der Waals surface area contributed by atoms with E-state index in [1.54, 1.807) is 30.3 Å². The first-order valence-corrected chi connectivity index (χ1v) is 10.2. The van der Waals surface area contributed by atoms with Crippen LogP contribution in [0, 0.1) is 7.14 Å². The molecule has 1 aliphatic rings. The molecule has 0 spiro atoms. The van der Waals surface area contributed by atoms with Crippen LogP contribution in [-0.4, -0.2) is 22.1 Å². The van der Waals surface area contributed by atoms with Gasteiger partial charge in [-0.3, -0.25) is 10.1 Å². The third kappa shape index (κ3) is 4.96. The lowest BCUT2D eigenvalue weighted by Crippen LogP contribution is -2.21. The molecule has 2 aromatic rings. The number of hydrogen-bond donors (Lipinski definition) is 3. The standard InChI is InChI=1S/C18H12I2N2O4S/c19-12-5-10(7-14-16(23)22-18(27)21-14)6-13(20)15(12)26-8-9-1-3-11(4-2-9)17(24)25/h1-7H,8H2,(H,24,25)(H2,21,22,23,27)/b14-7+. The number of carbonyl (C=O) groups is 2. The van der Waals surface area contributed by atoms with Crippen LogP contribution in [-0.2, 0) is 11.4 Å². The third-order valence-electron chi connectivity index (χ3n) is 3.64. The van der Waals surface area contributed by atoms with E-state index in [0.29, 0.717) is 17.4 Å². The molecule has 27 heavy (non-hydrogen) atoms. The molecule has 0 atom stereocenters. The minimum atomic E-state index is -0.956. The number of halogens is 2. The molecule has 3 N–H and O–H groups in total. The Balaban J connectivity index is 1.75. The molecule has 0 aliphatic carbocycles. The Hall–Kier alpha value is -1.73. The van der Waals surface area contributed by atoms with Crippen LogP contribution in [0.4, 0.5) is 0 Å². The molecule has 1 heterocycles. The number of amides is 1. The van der Waals surface area contributed by atoms with E-state index in [1.165, 1.54) is 0 Å². The number of benzene rings is 2. The van der Waals surface area contributed by atoms with Crippen molar-refractivity contribution in [3.63, 3.8) is 0 Å². The molecule has 1 saturated heterocycles. The minimum Gasteiger partial charge on any atom is -0.487 e. The second-order valence-corrected chi connectivity index (χ2v) is 8.30. The van der Waals surface area contributed by atoms with Gasteiger partial charge in [0.25, 0.3) is 5.91 Å². The van der Waals surface area contributed by atoms with Gasteiger partial charge in [-0.2, -0.15) is 0 Å². The minimum absolute atomic E-state index is 0.240. The zero-order valence-electron chi connectivity index (χ0n) is 13.6. The number of carboxylic acids is 1. The van der Waals surface area contributed by atoms with Gasteiger partial charge < -0.3 is 15.2 Å². The summed E-state index contributed by atoms with van der Waals surface area (Å²) in [4.78, 5) is 22.7. The highest BCUT2D eigenvalue weighted by molar-refractivity contribution is 14.1. The maximum Gasteiger partial charge on any atom is 0.335 e. The fourth-order valence-corrected chi connectivity index (χ4v) is 4.68. The first kappa shape index (κ1) is 20.0. The van der Waals surface area contributed by atoms with Gasteiger partial charge in [-0.15, -0.1) is 0 Å². The number of ether oxygens (including phenoxy) is 1. The van der Waals surface area contributed by atoms with Crippen LogP contribution in [0.15, 0.2) is 42.1 Å². The highest BCUT2D eigenvalue weighted by Crippen LogP contribution is 2.30. The van der Waals surface area contributed by atoms with E-state index in [4.69, 9.17) is 22.1 Å². The van der Waals surface area contributed by atoms with Crippen molar-refractivity contribution in [2.24, 2.45) is 0 Å². The van der Waals surface area contributed by atoms with E-state index in [1.807, 2.05) is 12.1 Å². The summed E-state index contributed by atoms with van der Waals surface area (Å²) in [6.45, 7) is 0.324. The fourth-order valence-electron chi connectivity index (χ4n) is 2.35. The number of thiocarbonyl (C=S) groups is 1. The predicted octanol–water partition coefficient (Wildman–Crippen LogP) is 3.52. The summed E-state index contributed by atoms with van der Waals surface area (Å²) < 4.78 is 7.71. The molecular weight excluding hydrogens is 594 g/mol. The first-order valence-electron chi connectivity index (χ1n) is 7.61. The van der Waals surface area contributed by atoms with Crippen molar-refractivity contribution in [3.05, 3.63) is 65.9 Å². The van der Waals surface area contributed by atoms with Crippen molar-refractivity contribution in [2.45, 2.75) is 6.61 Å². The quantitative estimate of drug-likeness (QED) is 0.275. The van der Waals surface area contributed by atoms with Crippen molar-refractivity contribution in [1.29, 1.82) is 0 Å². The van der Waals surface area contributed by atoms with Gasteiger partial charge >= 0.3 is 5.97 Å². The second kappa shape index (κ2) is 8.52. The van der Waals surface area contributed by atoms with Gasteiger partial charge in [0.05, 0.1) is 12.7 Å². The van der Waals surface area contributed by atoms with Crippen molar-refractivity contribution < 1.29 is 19.4 Å². The van der Waals surface area contributed by atoms with Crippen LogP contribution in [0.1, 0.15) is 21.5 Å². The molecule has 138 valence electrons. The van der Waals surface area contributed by atoms with Crippen LogP contribution in [0.25, 0.3) is 6.08 Å². The Morgan fingerprint density at radius 2 is 1.78 bits per heavy atom. The smallest absolute Gasteiger partial charge is 0.335 e. The Labute approximate surface area is 187 Å². The monoisotopic (exact) mass is 606 g/mol. The van der Waals surface area contributed by atoms with Crippen molar-refractivity contribution >= 4 is 80.5 Å². The highest BCUT2D eigenvalue weighted by atomic mass is 127. The molecule has 0 saturated carbocycles. The summed E-state index contributed by atoms with van der Waals surface area (Å²) in [5.41, 5.74) is 2.37. The van der Waals surface area contributed by atoms with Crippen LogP contribution in [0.3, 0.4) is 0 Å². The van der Waals surface area contributed by atoms with E-state index < -0.39 is 5.97 Å². The maximum absolute atomic E-state index is 11.8. The van der Waals surface area contributed by atoms with E-state index >= 15 is 0 Å². The fraction of sp³-hybridized carbons (Fsp3) is 0.0556. The molecule has 0 bridgehead atoms. The predicted molar refractivity (Wildman–Crippen MR) is 121 cm³/mol. The molecule has 2 aromatic carbocycles. The van der Waals surface area contributed by atoms with Crippen LogP contribution >= 0.6 is 57.4 Å². The van der Waals surface area contributed by atoms with Gasteiger partial charge in [-0.05, 0) is 98.9 Å². The van der Waals surface area contributed by atoms with Gasteiger partial charge in [0.2, 0.25) is 0 Å². The lowest BCUT2D eigenvalue weighted by Gasteiger charge is -2.12. The van der Waals surface area contributed by atoms with Crippen molar-refractivity contribution in [1.82, 2.24) is 10.6 Å². The molecule has 1 aliphatic heterocycles. The van der Waals surface area contributed by atoms with Gasteiger partial charge in [0, 0.05) is 0 Å². The SMILES string of the molecule is O=C1NC(=S)N/C1=C/c1cc(I)c(OCc2ccc(C(=O)O)cc2)c(I)c1. The molecule has 3 rings (SSSR count). The summed E-state index contributed by atoms with van der Waals surface area (Å²) in [6.07, 6.45) is 1.73. The molecule has 0 radical (unpaired) electrons. The molecule has 0 aromatic heterocycles. The Morgan fingerprint density at radius 1 is 1.15 bits per heavy atom. The van der Waals surface area contributed by atoms with E-state index in [-0.39, 0.29) is 11.5 Å². The summed E-state index contributed by atoms with van der Waals surface area (Å²) >= 11 is 9.29. The number of nitrogens with one attached hydrogen (secondary N) is 2. The number of aromatic carboxylic acids is 1. The first-order chi connectivity index (χ1) is 12.8. The van der Waals surface area contributed by atoms with E-state index in [2.05, 4.69) is 55.8 Å². The zero-order chi connectivity index (χ0) is 19.6. The second-order valence-electron chi connectivity index (χ2n) is 5.57. The number of carboxylic acid groups (broad SMARTS) is 1. The van der Waals surface area contributed by atoms with E-state index in [9.17, 15) is 9.59 Å². The van der Waals surface area contributed by atoms with Crippen LogP contribution in [0.2, 0.25) is 0 Å². The number of hydrogen-bond acceptors (Lipinski definition) is 4. The Bertz CT molecular complexity index is 951. The average molecular weight is 606 g/mol. The lowest BCUT2D eigenvalue weighted by molar-refractivity contribution is -0.115. The largest absolute Gasteiger partial charge is 0.487 e. The van der Waals surface area contributed by atoms with Gasteiger partial charge in [-0.1, -0.05) is 12.1 Å². The summed E-state index contributed by atoms with van der Waals surface area (Å²) in [7, 11) is 0.